The molecule has 3 aromatic rings. The Morgan fingerprint density at radius 3 is 2.62 bits per heavy atom. The third-order valence-corrected chi connectivity index (χ3v) is 5.51. The van der Waals surface area contributed by atoms with Crippen LogP contribution in [0.4, 0.5) is 5.69 Å². The van der Waals surface area contributed by atoms with Crippen LogP contribution < -0.4 is 5.32 Å². The molecule has 0 fully saturated rings. The topological polar surface area (TPSA) is 63.1 Å². The molecule has 0 spiro atoms. The number of aromatic nitrogens is 3. The van der Waals surface area contributed by atoms with E-state index in [9.17, 15) is 4.79 Å². The van der Waals surface area contributed by atoms with Gasteiger partial charge in [0.05, 0.1) is 11.4 Å². The van der Waals surface area contributed by atoms with Gasteiger partial charge in [0.15, 0.2) is 5.16 Å². The molecular formula is C22H27N5OS. The van der Waals surface area contributed by atoms with Gasteiger partial charge in [0.1, 0.15) is 6.33 Å². The Bertz CT molecular complexity index is 936. The number of carbonyl (C=O) groups is 1. The van der Waals surface area contributed by atoms with Crippen LogP contribution in [-0.2, 0) is 17.6 Å². The number of likely N-dealkylation sites (N-methyl/N-ethyl adjacent to an activating group) is 1. The van der Waals surface area contributed by atoms with Crippen molar-refractivity contribution in [3.05, 3.63) is 66.0 Å². The average molecular weight is 410 g/mol. The molecule has 2 aromatic carbocycles. The van der Waals surface area contributed by atoms with Gasteiger partial charge in [-0.15, -0.1) is 10.2 Å². The first-order valence-electron chi connectivity index (χ1n) is 9.71. The van der Waals surface area contributed by atoms with Gasteiger partial charge in [-0.05, 0) is 56.3 Å². The molecule has 0 aliphatic heterocycles. The second-order valence-corrected chi connectivity index (χ2v) is 8.00. The minimum atomic E-state index is -0.0608. The highest BCUT2D eigenvalue weighted by molar-refractivity contribution is 7.99. The number of para-hydroxylation sites is 1. The van der Waals surface area contributed by atoms with E-state index in [-0.39, 0.29) is 11.7 Å². The number of benzene rings is 2. The fraction of sp³-hybridized carbons (Fsp3) is 0.318. The predicted octanol–water partition coefficient (Wildman–Crippen LogP) is 3.66. The summed E-state index contributed by atoms with van der Waals surface area (Å²) in [5.74, 6) is 0.212. The lowest BCUT2D eigenvalue weighted by atomic mass is 10.1. The molecule has 7 heteroatoms. The summed E-state index contributed by atoms with van der Waals surface area (Å²) < 4.78 is 1.94. The van der Waals surface area contributed by atoms with Crippen LogP contribution in [0.15, 0.2) is 60.0 Å². The predicted molar refractivity (Wildman–Crippen MR) is 119 cm³/mol. The molecule has 0 radical (unpaired) electrons. The largest absolute Gasteiger partial charge is 0.325 e. The summed E-state index contributed by atoms with van der Waals surface area (Å²) in [7, 11) is 4.13. The van der Waals surface area contributed by atoms with Gasteiger partial charge in [-0.3, -0.25) is 9.36 Å². The molecule has 1 heterocycles. The number of thioether (sulfide) groups is 1. The molecule has 1 N–H and O–H groups in total. The van der Waals surface area contributed by atoms with E-state index >= 15 is 0 Å². The van der Waals surface area contributed by atoms with E-state index in [0.717, 1.165) is 30.8 Å². The van der Waals surface area contributed by atoms with Crippen LogP contribution in [-0.4, -0.2) is 52.0 Å². The number of hydrogen-bond donors (Lipinski definition) is 1. The van der Waals surface area contributed by atoms with Crippen molar-refractivity contribution in [2.24, 2.45) is 0 Å². The zero-order valence-electron chi connectivity index (χ0n) is 17.1. The maximum atomic E-state index is 12.4. The Balaban J connectivity index is 1.57. The molecule has 0 atom stereocenters. The fourth-order valence-corrected chi connectivity index (χ4v) is 3.69. The van der Waals surface area contributed by atoms with Crippen LogP contribution in [0.3, 0.4) is 0 Å². The summed E-state index contributed by atoms with van der Waals surface area (Å²) in [5.41, 5.74) is 4.33. The molecule has 152 valence electrons. The Labute approximate surface area is 176 Å². The Morgan fingerprint density at radius 2 is 1.90 bits per heavy atom. The summed E-state index contributed by atoms with van der Waals surface area (Å²) in [4.78, 5) is 14.5. The van der Waals surface area contributed by atoms with Gasteiger partial charge in [0, 0.05) is 12.2 Å². The van der Waals surface area contributed by atoms with E-state index < -0.39 is 0 Å². The molecule has 29 heavy (non-hydrogen) atoms. The Kier molecular flexibility index (Phi) is 7.43. The zero-order chi connectivity index (χ0) is 20.6. The second kappa shape index (κ2) is 10.2. The summed E-state index contributed by atoms with van der Waals surface area (Å²) in [6, 6.07) is 16.2. The maximum absolute atomic E-state index is 12.4. The molecular weight excluding hydrogens is 382 g/mol. The average Bonchev–Trinajstić information content (AvgIpc) is 3.20. The van der Waals surface area contributed by atoms with Crippen molar-refractivity contribution >= 4 is 23.4 Å². The first-order chi connectivity index (χ1) is 14.1. The van der Waals surface area contributed by atoms with E-state index in [1.54, 1.807) is 6.33 Å². The summed E-state index contributed by atoms with van der Waals surface area (Å²) in [6.45, 7) is 3.12. The van der Waals surface area contributed by atoms with Crippen molar-refractivity contribution < 1.29 is 4.79 Å². The molecule has 6 nitrogen and oxygen atoms in total. The number of aryl methyl sites for hydroxylation is 1. The van der Waals surface area contributed by atoms with E-state index in [0.29, 0.717) is 5.16 Å². The highest BCUT2D eigenvalue weighted by Gasteiger charge is 2.12. The van der Waals surface area contributed by atoms with Crippen molar-refractivity contribution in [3.8, 4) is 5.69 Å². The van der Waals surface area contributed by atoms with Crippen LogP contribution in [0, 0.1) is 0 Å². The number of anilines is 1. The molecule has 0 aliphatic rings. The van der Waals surface area contributed by atoms with Crippen LogP contribution in [0.5, 0.6) is 0 Å². The Hall–Kier alpha value is -2.64. The lowest BCUT2D eigenvalue weighted by molar-refractivity contribution is -0.113. The molecule has 0 saturated heterocycles. The molecule has 0 bridgehead atoms. The van der Waals surface area contributed by atoms with Crippen LogP contribution in [0.25, 0.3) is 5.69 Å². The summed E-state index contributed by atoms with van der Waals surface area (Å²) in [6.07, 6.45) is 3.61. The smallest absolute Gasteiger partial charge is 0.234 e. The maximum Gasteiger partial charge on any atom is 0.234 e. The number of nitrogens with one attached hydrogen (secondary N) is 1. The third kappa shape index (κ3) is 5.92. The molecule has 0 saturated carbocycles. The quantitative estimate of drug-likeness (QED) is 0.547. The highest BCUT2D eigenvalue weighted by atomic mass is 32.2. The van der Waals surface area contributed by atoms with Crippen LogP contribution in [0.1, 0.15) is 18.1 Å². The van der Waals surface area contributed by atoms with Gasteiger partial charge < -0.3 is 10.2 Å². The van der Waals surface area contributed by atoms with E-state index in [1.165, 1.54) is 22.9 Å². The minimum Gasteiger partial charge on any atom is -0.325 e. The molecule has 3 rings (SSSR count). The zero-order valence-corrected chi connectivity index (χ0v) is 17.9. The van der Waals surface area contributed by atoms with Gasteiger partial charge in [0.2, 0.25) is 5.91 Å². The van der Waals surface area contributed by atoms with Crippen molar-refractivity contribution in [1.82, 2.24) is 19.7 Å². The van der Waals surface area contributed by atoms with Gasteiger partial charge in [-0.25, -0.2) is 0 Å². The number of carbonyl (C=O) groups excluding carboxylic acids is 1. The normalized spacial score (nSPS) is 11.0. The number of hydrogen-bond acceptors (Lipinski definition) is 5. The third-order valence-electron chi connectivity index (χ3n) is 4.57. The lowest BCUT2D eigenvalue weighted by Gasteiger charge is -2.11. The van der Waals surface area contributed by atoms with E-state index in [4.69, 9.17) is 0 Å². The fourth-order valence-electron chi connectivity index (χ4n) is 2.97. The van der Waals surface area contributed by atoms with Gasteiger partial charge >= 0.3 is 0 Å². The lowest BCUT2D eigenvalue weighted by Crippen LogP contribution is -2.16. The number of amides is 1. The summed E-state index contributed by atoms with van der Waals surface area (Å²) in [5, 5.41) is 11.9. The minimum absolute atomic E-state index is 0.0608. The van der Waals surface area contributed by atoms with E-state index in [2.05, 4.69) is 59.6 Å². The van der Waals surface area contributed by atoms with Gasteiger partial charge in [0.25, 0.3) is 0 Å². The highest BCUT2D eigenvalue weighted by Crippen LogP contribution is 2.22. The van der Waals surface area contributed by atoms with Gasteiger partial charge in [-0.1, -0.05) is 49.0 Å². The van der Waals surface area contributed by atoms with Crippen molar-refractivity contribution in [1.29, 1.82) is 0 Å². The summed E-state index contributed by atoms with van der Waals surface area (Å²) >= 11 is 1.38. The number of nitrogens with zero attached hydrogens (tertiary/aromatic N) is 4. The molecule has 1 aromatic heterocycles. The molecule has 0 aliphatic carbocycles. The van der Waals surface area contributed by atoms with Crippen LogP contribution in [0.2, 0.25) is 0 Å². The number of rotatable bonds is 9. The first kappa shape index (κ1) is 21.1. The van der Waals surface area contributed by atoms with Gasteiger partial charge in [-0.2, -0.15) is 0 Å². The monoisotopic (exact) mass is 409 g/mol. The van der Waals surface area contributed by atoms with Crippen molar-refractivity contribution in [2.75, 3.05) is 31.7 Å². The Morgan fingerprint density at radius 1 is 1.14 bits per heavy atom. The molecule has 0 unspecified atom stereocenters. The van der Waals surface area contributed by atoms with E-state index in [1.807, 2.05) is 34.9 Å². The van der Waals surface area contributed by atoms with Crippen molar-refractivity contribution in [3.63, 3.8) is 0 Å². The SMILES string of the molecule is CCc1ccccc1-n1cnnc1SCC(=O)Nc1ccc(CCN(C)C)cc1. The molecule has 1 amide bonds. The standard InChI is InChI=1S/C22H27N5OS/c1-4-18-7-5-6-8-20(18)27-16-23-25-22(27)29-15-21(28)24-19-11-9-17(10-12-19)13-14-26(2)3/h5-12,16H,4,13-15H2,1-3H3,(H,24,28). The first-order valence-corrected chi connectivity index (χ1v) is 10.7. The van der Waals surface area contributed by atoms with Crippen LogP contribution >= 0.6 is 11.8 Å². The second-order valence-electron chi connectivity index (χ2n) is 7.05. The van der Waals surface area contributed by atoms with Crippen molar-refractivity contribution in [2.45, 2.75) is 24.9 Å².